The van der Waals surface area contributed by atoms with E-state index in [0.29, 0.717) is 0 Å². The van der Waals surface area contributed by atoms with Crippen molar-refractivity contribution >= 4 is 11.9 Å². The summed E-state index contributed by atoms with van der Waals surface area (Å²) in [5.74, 6) is -2.12. The van der Waals surface area contributed by atoms with Crippen LogP contribution in [0.25, 0.3) is 0 Å². The number of carboxylic acids is 1. The molecule has 0 atom stereocenters. The summed E-state index contributed by atoms with van der Waals surface area (Å²) in [4.78, 5) is 21.9. The standard InChI is InChI=1S/C11H16F3NO3/c1-10(2,11(12,13)14)5-8(16)15-7-3-6(4-7)9(17)18/h6-7H,3-5H2,1-2H3,(H,15,16)(H,17,18). The first-order chi connectivity index (χ1) is 8.03. The highest BCUT2D eigenvalue weighted by Gasteiger charge is 2.48. The first kappa shape index (κ1) is 14.8. The summed E-state index contributed by atoms with van der Waals surface area (Å²) < 4.78 is 37.6. The SMILES string of the molecule is CC(C)(CC(=O)NC1CC(C(=O)O)C1)C(F)(F)F. The predicted molar refractivity (Wildman–Crippen MR) is 56.7 cm³/mol. The van der Waals surface area contributed by atoms with E-state index in [2.05, 4.69) is 5.32 Å². The van der Waals surface area contributed by atoms with Gasteiger partial charge in [-0.15, -0.1) is 0 Å². The minimum atomic E-state index is -4.44. The average Bonchev–Trinajstić information content (AvgIpc) is 2.06. The van der Waals surface area contributed by atoms with Crippen molar-refractivity contribution < 1.29 is 27.9 Å². The van der Waals surface area contributed by atoms with E-state index in [1.165, 1.54) is 0 Å². The summed E-state index contributed by atoms with van der Waals surface area (Å²) in [6.45, 7) is 1.93. The van der Waals surface area contributed by atoms with Crippen LogP contribution in [0.15, 0.2) is 0 Å². The minimum absolute atomic E-state index is 0.285. The number of carbonyl (C=O) groups is 2. The minimum Gasteiger partial charge on any atom is -0.481 e. The zero-order valence-corrected chi connectivity index (χ0v) is 10.2. The largest absolute Gasteiger partial charge is 0.481 e. The molecule has 0 radical (unpaired) electrons. The van der Waals surface area contributed by atoms with E-state index in [0.717, 1.165) is 13.8 Å². The fourth-order valence-electron chi connectivity index (χ4n) is 1.72. The zero-order chi connectivity index (χ0) is 14.1. The van der Waals surface area contributed by atoms with Crippen molar-refractivity contribution in [2.24, 2.45) is 11.3 Å². The van der Waals surface area contributed by atoms with Gasteiger partial charge in [0.05, 0.1) is 11.3 Å². The summed E-state index contributed by atoms with van der Waals surface area (Å²) in [5.41, 5.74) is -2.08. The Hall–Kier alpha value is -1.27. The molecule has 1 amide bonds. The molecule has 0 saturated heterocycles. The lowest BCUT2D eigenvalue weighted by Gasteiger charge is -2.34. The number of rotatable bonds is 4. The van der Waals surface area contributed by atoms with Gasteiger partial charge in [0.25, 0.3) is 0 Å². The van der Waals surface area contributed by atoms with E-state index in [4.69, 9.17) is 5.11 Å². The quantitative estimate of drug-likeness (QED) is 0.818. The van der Waals surface area contributed by atoms with Crippen molar-refractivity contribution in [3.05, 3.63) is 0 Å². The molecule has 1 rings (SSSR count). The fourth-order valence-corrected chi connectivity index (χ4v) is 1.72. The lowest BCUT2D eigenvalue weighted by Crippen LogP contribution is -2.48. The first-order valence-electron chi connectivity index (χ1n) is 5.62. The van der Waals surface area contributed by atoms with E-state index >= 15 is 0 Å². The Bertz CT molecular complexity index is 346. The van der Waals surface area contributed by atoms with Gasteiger partial charge < -0.3 is 10.4 Å². The highest BCUT2D eigenvalue weighted by molar-refractivity contribution is 5.78. The van der Waals surface area contributed by atoms with Crippen LogP contribution in [0.2, 0.25) is 0 Å². The van der Waals surface area contributed by atoms with Crippen LogP contribution in [0.4, 0.5) is 13.2 Å². The number of amides is 1. The molecule has 1 fully saturated rings. The molecule has 1 aliphatic carbocycles. The lowest BCUT2D eigenvalue weighted by molar-refractivity contribution is -0.214. The van der Waals surface area contributed by atoms with Crippen molar-refractivity contribution in [1.82, 2.24) is 5.32 Å². The maximum absolute atomic E-state index is 12.5. The molecule has 1 saturated carbocycles. The van der Waals surface area contributed by atoms with Gasteiger partial charge in [-0.1, -0.05) is 13.8 Å². The average molecular weight is 267 g/mol. The van der Waals surface area contributed by atoms with Gasteiger partial charge in [0.2, 0.25) is 5.91 Å². The Labute approximate surface area is 103 Å². The zero-order valence-electron chi connectivity index (χ0n) is 10.2. The van der Waals surface area contributed by atoms with Gasteiger partial charge in [-0.25, -0.2) is 0 Å². The third kappa shape index (κ3) is 3.36. The summed E-state index contributed by atoms with van der Waals surface area (Å²) in [6.07, 6.45) is -4.51. The Morgan fingerprint density at radius 2 is 1.78 bits per heavy atom. The Kier molecular flexibility index (Phi) is 3.92. The number of aliphatic carboxylic acids is 1. The normalized spacial score (nSPS) is 24.3. The third-order valence-electron chi connectivity index (χ3n) is 3.22. The van der Waals surface area contributed by atoms with E-state index < -0.39 is 35.8 Å². The van der Waals surface area contributed by atoms with Crippen molar-refractivity contribution in [2.75, 3.05) is 0 Å². The molecule has 1 aliphatic rings. The van der Waals surface area contributed by atoms with Crippen molar-refractivity contribution in [3.8, 4) is 0 Å². The first-order valence-corrected chi connectivity index (χ1v) is 5.62. The Morgan fingerprint density at radius 3 is 2.17 bits per heavy atom. The van der Waals surface area contributed by atoms with Gasteiger partial charge in [0, 0.05) is 12.5 Å². The number of carboxylic acid groups (broad SMARTS) is 1. The van der Waals surface area contributed by atoms with Crippen molar-refractivity contribution in [1.29, 1.82) is 0 Å². The number of hydrogen-bond acceptors (Lipinski definition) is 2. The summed E-state index contributed by atoms with van der Waals surface area (Å²) in [7, 11) is 0. The Balaban J connectivity index is 2.38. The molecule has 104 valence electrons. The van der Waals surface area contributed by atoms with E-state index in [1.54, 1.807) is 0 Å². The maximum Gasteiger partial charge on any atom is 0.394 e. The second-order valence-electron chi connectivity index (χ2n) is 5.33. The fraction of sp³-hybridized carbons (Fsp3) is 0.818. The van der Waals surface area contributed by atoms with Crippen LogP contribution < -0.4 is 5.32 Å². The molecule has 2 N–H and O–H groups in total. The second kappa shape index (κ2) is 4.78. The smallest absolute Gasteiger partial charge is 0.394 e. The van der Waals surface area contributed by atoms with Crippen LogP contribution in [0, 0.1) is 11.3 Å². The highest BCUT2D eigenvalue weighted by Crippen LogP contribution is 2.40. The molecule has 0 aliphatic heterocycles. The molecule has 0 aromatic heterocycles. The van der Waals surface area contributed by atoms with Crippen LogP contribution in [0.3, 0.4) is 0 Å². The molecule has 0 bridgehead atoms. The maximum atomic E-state index is 12.5. The molecule has 0 heterocycles. The number of carbonyl (C=O) groups excluding carboxylic acids is 1. The molecule has 0 aromatic carbocycles. The number of alkyl halides is 3. The van der Waals surface area contributed by atoms with Gasteiger partial charge in [-0.3, -0.25) is 9.59 Å². The summed E-state index contributed by atoms with van der Waals surface area (Å²) >= 11 is 0. The highest BCUT2D eigenvalue weighted by atomic mass is 19.4. The predicted octanol–water partition coefficient (Wildman–Crippen LogP) is 1.94. The topological polar surface area (TPSA) is 66.4 Å². The molecular weight excluding hydrogens is 251 g/mol. The molecule has 4 nitrogen and oxygen atoms in total. The van der Waals surface area contributed by atoms with Crippen molar-refractivity contribution in [3.63, 3.8) is 0 Å². The monoisotopic (exact) mass is 267 g/mol. The van der Waals surface area contributed by atoms with Gasteiger partial charge in [-0.05, 0) is 12.8 Å². The lowest BCUT2D eigenvalue weighted by atomic mass is 9.80. The van der Waals surface area contributed by atoms with E-state index in [9.17, 15) is 22.8 Å². The van der Waals surface area contributed by atoms with Gasteiger partial charge in [0.15, 0.2) is 0 Å². The molecule has 18 heavy (non-hydrogen) atoms. The molecule has 0 unspecified atom stereocenters. The van der Waals surface area contributed by atoms with E-state index in [-0.39, 0.29) is 18.9 Å². The van der Waals surface area contributed by atoms with Crippen molar-refractivity contribution in [2.45, 2.75) is 45.3 Å². The van der Waals surface area contributed by atoms with Crippen LogP contribution in [-0.4, -0.2) is 29.2 Å². The molecule has 7 heteroatoms. The third-order valence-corrected chi connectivity index (χ3v) is 3.22. The number of halogens is 3. The van der Waals surface area contributed by atoms with Crippen LogP contribution in [0.5, 0.6) is 0 Å². The Morgan fingerprint density at radius 1 is 1.28 bits per heavy atom. The molecule has 0 spiro atoms. The molecule has 0 aromatic rings. The van der Waals surface area contributed by atoms with E-state index in [1.807, 2.05) is 0 Å². The summed E-state index contributed by atoms with van der Waals surface area (Å²) in [6, 6.07) is -0.317. The van der Waals surface area contributed by atoms with Gasteiger partial charge in [0.1, 0.15) is 0 Å². The van der Waals surface area contributed by atoms with Gasteiger partial charge >= 0.3 is 12.1 Å². The van der Waals surface area contributed by atoms with Crippen LogP contribution in [0.1, 0.15) is 33.1 Å². The van der Waals surface area contributed by atoms with Gasteiger partial charge in [-0.2, -0.15) is 13.2 Å². The summed E-state index contributed by atoms with van der Waals surface area (Å²) in [5, 5.41) is 11.0. The second-order valence-corrected chi connectivity index (χ2v) is 5.33. The number of hydrogen-bond donors (Lipinski definition) is 2. The van der Waals surface area contributed by atoms with Crippen LogP contribution in [-0.2, 0) is 9.59 Å². The number of nitrogens with one attached hydrogen (secondary N) is 1. The molecular formula is C11H16F3NO3. The van der Waals surface area contributed by atoms with Crippen LogP contribution >= 0.6 is 0 Å².